The van der Waals surface area contributed by atoms with E-state index in [9.17, 15) is 0 Å². The average Bonchev–Trinajstić information content (AvgIpc) is 2.50. The number of rotatable bonds is 1. The van der Waals surface area contributed by atoms with Gasteiger partial charge in [-0.15, -0.1) is 5.10 Å². The molecule has 0 bridgehead atoms. The van der Waals surface area contributed by atoms with Crippen LogP contribution in [0.5, 0.6) is 0 Å². The molecule has 0 spiro atoms. The molecule has 0 aliphatic heterocycles. The average molecular weight is 228 g/mol. The molecule has 0 fully saturated rings. The highest BCUT2D eigenvalue weighted by Crippen LogP contribution is 2.24. The third-order valence-electron chi connectivity index (χ3n) is 1.57. The van der Waals surface area contributed by atoms with E-state index in [1.807, 2.05) is 0 Å². The largest absolute Gasteiger partial charge is 0.301 e. The number of hydrogen-bond donors (Lipinski definition) is 0. The summed E-state index contributed by atoms with van der Waals surface area (Å²) in [5.74, 6) is 0.449. The van der Waals surface area contributed by atoms with Crippen LogP contribution in [0, 0.1) is 7.05 Å². The van der Waals surface area contributed by atoms with Crippen molar-refractivity contribution in [2.24, 2.45) is 0 Å². The fraction of sp³-hybridized carbons (Fsp3) is 0. The van der Waals surface area contributed by atoms with Crippen LogP contribution in [0.1, 0.15) is 0 Å². The maximum atomic E-state index is 5.82. The van der Waals surface area contributed by atoms with Crippen LogP contribution in [-0.4, -0.2) is 20.2 Å². The van der Waals surface area contributed by atoms with Gasteiger partial charge < -0.3 is 4.80 Å². The van der Waals surface area contributed by atoms with Gasteiger partial charge in [-0.3, -0.25) is 7.05 Å². The molecule has 1 aromatic heterocycles. The van der Waals surface area contributed by atoms with E-state index in [1.54, 1.807) is 18.2 Å². The number of tetrazole rings is 1. The van der Waals surface area contributed by atoms with Crippen LogP contribution in [0.3, 0.4) is 0 Å². The molecule has 2 rings (SSSR count). The van der Waals surface area contributed by atoms with Gasteiger partial charge >= 0.3 is 0 Å². The van der Waals surface area contributed by atoms with Crippen molar-refractivity contribution < 1.29 is 0 Å². The second-order valence-electron chi connectivity index (χ2n) is 2.64. The number of aromatic nitrogens is 4. The van der Waals surface area contributed by atoms with Gasteiger partial charge in [0, 0.05) is 15.6 Å². The van der Waals surface area contributed by atoms with Gasteiger partial charge in [-0.05, 0) is 18.2 Å². The van der Waals surface area contributed by atoms with Crippen LogP contribution in [0.25, 0.3) is 11.4 Å². The lowest BCUT2D eigenvalue weighted by Gasteiger charge is -1.97. The highest BCUT2D eigenvalue weighted by Gasteiger charge is 2.05. The summed E-state index contributed by atoms with van der Waals surface area (Å²) in [7, 11) is 3.48. The van der Waals surface area contributed by atoms with Crippen molar-refractivity contribution in [1.82, 2.24) is 20.2 Å². The van der Waals surface area contributed by atoms with Crippen molar-refractivity contribution in [3.05, 3.63) is 35.3 Å². The van der Waals surface area contributed by atoms with Crippen molar-refractivity contribution in [2.75, 3.05) is 0 Å². The summed E-state index contributed by atoms with van der Waals surface area (Å²) in [5, 5.41) is 12.4. The minimum atomic E-state index is 0.449. The molecule has 0 radical (unpaired) electrons. The molecular formula is C8H5Cl2N4-. The Labute approximate surface area is 90.4 Å². The number of hydrogen-bond acceptors (Lipinski definition) is 3. The lowest BCUT2D eigenvalue weighted by Crippen LogP contribution is -1.89. The van der Waals surface area contributed by atoms with Gasteiger partial charge in [-0.1, -0.05) is 28.4 Å². The molecule has 72 valence electrons. The normalized spacial score (nSPS) is 10.4. The summed E-state index contributed by atoms with van der Waals surface area (Å²) in [5.41, 5.74) is 0.720. The van der Waals surface area contributed by atoms with Gasteiger partial charge in [0.2, 0.25) is 5.82 Å². The van der Waals surface area contributed by atoms with Crippen LogP contribution >= 0.6 is 23.2 Å². The standard InChI is InChI=1S/C8H5Cl2N4/c1-14-12-8(11-13-14)5-2-6(9)4-7(10)3-5/h2-4H,1H2/q-1. The first-order valence-electron chi connectivity index (χ1n) is 3.72. The Kier molecular flexibility index (Phi) is 2.31. The number of nitrogens with zero attached hydrogens (tertiary/aromatic N) is 4. The van der Waals surface area contributed by atoms with E-state index in [2.05, 4.69) is 22.5 Å². The van der Waals surface area contributed by atoms with Crippen LogP contribution in [-0.2, 0) is 0 Å². The third kappa shape index (κ3) is 1.81. The van der Waals surface area contributed by atoms with Crippen LogP contribution in [0.15, 0.2) is 18.2 Å². The van der Waals surface area contributed by atoms with Crippen LogP contribution in [0.4, 0.5) is 0 Å². The van der Waals surface area contributed by atoms with Gasteiger partial charge in [-0.25, -0.2) is 0 Å². The molecule has 4 nitrogen and oxygen atoms in total. The molecule has 0 N–H and O–H groups in total. The van der Waals surface area contributed by atoms with E-state index < -0.39 is 0 Å². The zero-order valence-electron chi connectivity index (χ0n) is 6.98. The highest BCUT2D eigenvalue weighted by molar-refractivity contribution is 6.35. The Bertz CT molecular complexity index is 446. The van der Waals surface area contributed by atoms with Gasteiger partial charge in [-0.2, -0.15) is 5.10 Å². The molecule has 6 heteroatoms. The summed E-state index contributed by atoms with van der Waals surface area (Å²) >= 11 is 11.6. The first-order valence-corrected chi connectivity index (χ1v) is 4.48. The number of benzene rings is 1. The summed E-state index contributed by atoms with van der Waals surface area (Å²) in [6, 6.07) is 5.07. The summed E-state index contributed by atoms with van der Waals surface area (Å²) in [4.78, 5) is 1.13. The molecule has 14 heavy (non-hydrogen) atoms. The molecule has 0 aliphatic rings. The van der Waals surface area contributed by atoms with Crippen molar-refractivity contribution in [3.63, 3.8) is 0 Å². The van der Waals surface area contributed by atoms with Gasteiger partial charge in [0.1, 0.15) is 0 Å². The van der Waals surface area contributed by atoms with Crippen LogP contribution in [0.2, 0.25) is 10.0 Å². The zero-order valence-corrected chi connectivity index (χ0v) is 8.50. The highest BCUT2D eigenvalue weighted by atomic mass is 35.5. The van der Waals surface area contributed by atoms with E-state index in [0.29, 0.717) is 15.9 Å². The van der Waals surface area contributed by atoms with Crippen molar-refractivity contribution in [1.29, 1.82) is 0 Å². The summed E-state index contributed by atoms with van der Waals surface area (Å²) in [6.07, 6.45) is 0. The van der Waals surface area contributed by atoms with E-state index >= 15 is 0 Å². The van der Waals surface area contributed by atoms with E-state index in [-0.39, 0.29) is 0 Å². The molecule has 2 aromatic rings. The Balaban J connectivity index is 2.51. The second kappa shape index (κ2) is 3.48. The van der Waals surface area contributed by atoms with Crippen molar-refractivity contribution in [3.8, 4) is 11.4 Å². The monoisotopic (exact) mass is 227 g/mol. The fourth-order valence-corrected chi connectivity index (χ4v) is 1.57. The maximum Gasteiger partial charge on any atom is 0.202 e. The Morgan fingerprint density at radius 1 is 1.14 bits per heavy atom. The minimum Gasteiger partial charge on any atom is -0.301 e. The molecular weight excluding hydrogens is 223 g/mol. The molecule has 1 aromatic carbocycles. The van der Waals surface area contributed by atoms with E-state index in [1.165, 1.54) is 0 Å². The molecule has 0 unspecified atom stereocenters. The van der Waals surface area contributed by atoms with Gasteiger partial charge in [0.15, 0.2) is 0 Å². The summed E-state index contributed by atoms with van der Waals surface area (Å²) in [6.45, 7) is 0. The molecule has 1 heterocycles. The zero-order chi connectivity index (χ0) is 10.1. The second-order valence-corrected chi connectivity index (χ2v) is 3.52. The first-order chi connectivity index (χ1) is 6.65. The maximum absolute atomic E-state index is 5.82. The predicted octanol–water partition coefficient (Wildman–Crippen LogP) is 2.29. The van der Waals surface area contributed by atoms with E-state index in [0.717, 1.165) is 10.4 Å². The molecule has 0 amide bonds. The van der Waals surface area contributed by atoms with Gasteiger partial charge in [0.25, 0.3) is 0 Å². The lowest BCUT2D eigenvalue weighted by molar-refractivity contribution is 0.714. The van der Waals surface area contributed by atoms with Gasteiger partial charge in [0.05, 0.1) is 0 Å². The summed E-state index contributed by atoms with van der Waals surface area (Å²) < 4.78 is 0. The molecule has 0 saturated heterocycles. The Morgan fingerprint density at radius 2 is 1.79 bits per heavy atom. The first kappa shape index (κ1) is 9.30. The predicted molar refractivity (Wildman–Crippen MR) is 54.0 cm³/mol. The van der Waals surface area contributed by atoms with Crippen LogP contribution < -0.4 is 0 Å². The quantitative estimate of drug-likeness (QED) is 0.703. The minimum absolute atomic E-state index is 0.449. The third-order valence-corrected chi connectivity index (χ3v) is 2.01. The molecule has 0 atom stereocenters. The lowest BCUT2D eigenvalue weighted by atomic mass is 10.2. The topological polar surface area (TPSA) is 43.6 Å². The number of halogens is 2. The Morgan fingerprint density at radius 3 is 2.29 bits per heavy atom. The smallest absolute Gasteiger partial charge is 0.202 e. The van der Waals surface area contributed by atoms with Crippen molar-refractivity contribution >= 4 is 23.2 Å². The molecule has 0 aliphatic carbocycles. The van der Waals surface area contributed by atoms with E-state index in [4.69, 9.17) is 23.2 Å². The Hall–Kier alpha value is -1.26. The molecule has 0 saturated carbocycles. The fourth-order valence-electron chi connectivity index (χ4n) is 1.04. The SMILES string of the molecule is [CH2-]n1nnc(-c2cc(Cl)cc(Cl)c2)n1. The van der Waals surface area contributed by atoms with Crippen molar-refractivity contribution in [2.45, 2.75) is 0 Å².